The highest BCUT2D eigenvalue weighted by Gasteiger charge is 2.21. The minimum Gasteiger partial charge on any atom is -0.486 e. The second-order valence-corrected chi connectivity index (χ2v) is 7.57. The van der Waals surface area contributed by atoms with E-state index in [4.69, 9.17) is 9.47 Å². The van der Waals surface area contributed by atoms with E-state index in [-0.39, 0.29) is 28.5 Å². The molecule has 1 aliphatic heterocycles. The molecule has 1 amide bonds. The van der Waals surface area contributed by atoms with E-state index in [9.17, 15) is 13.6 Å². The van der Waals surface area contributed by atoms with Crippen molar-refractivity contribution >= 4 is 17.7 Å². The zero-order valence-electron chi connectivity index (χ0n) is 15.1. The molecule has 0 saturated heterocycles. The summed E-state index contributed by atoms with van der Waals surface area (Å²) in [5.41, 5.74) is 0.917. The average molecular weight is 393 g/mol. The van der Waals surface area contributed by atoms with Crippen LogP contribution in [-0.2, 0) is 4.79 Å². The number of carbonyl (C=O) groups is 1. The summed E-state index contributed by atoms with van der Waals surface area (Å²) in [5.74, 6) is 0.0137. The van der Waals surface area contributed by atoms with Gasteiger partial charge in [-0.2, -0.15) is 0 Å². The minimum atomic E-state index is -0.667. The highest BCUT2D eigenvalue weighted by atomic mass is 32.2. The normalized spacial score (nSPS) is 14.1. The van der Waals surface area contributed by atoms with Crippen LogP contribution in [0.25, 0.3) is 0 Å². The summed E-state index contributed by atoms with van der Waals surface area (Å²) in [6, 6.07) is 8.74. The molecule has 27 heavy (non-hydrogen) atoms. The molecule has 1 aliphatic rings. The maximum atomic E-state index is 13.7. The summed E-state index contributed by atoms with van der Waals surface area (Å²) in [7, 11) is 0. The third-order valence-corrected chi connectivity index (χ3v) is 5.21. The van der Waals surface area contributed by atoms with Crippen molar-refractivity contribution in [1.29, 1.82) is 0 Å². The van der Waals surface area contributed by atoms with E-state index in [0.29, 0.717) is 24.7 Å². The molecule has 1 atom stereocenters. The highest BCUT2D eigenvalue weighted by molar-refractivity contribution is 8.00. The van der Waals surface area contributed by atoms with Crippen LogP contribution < -0.4 is 14.8 Å². The monoisotopic (exact) mass is 393 g/mol. The highest BCUT2D eigenvalue weighted by Crippen LogP contribution is 2.34. The first kappa shape index (κ1) is 19.5. The van der Waals surface area contributed by atoms with Crippen LogP contribution in [0.3, 0.4) is 0 Å². The van der Waals surface area contributed by atoms with Gasteiger partial charge in [-0.05, 0) is 35.7 Å². The van der Waals surface area contributed by atoms with Crippen LogP contribution in [0.4, 0.5) is 8.78 Å². The molecular formula is C20H21F2NO3S. The molecule has 1 heterocycles. The van der Waals surface area contributed by atoms with Crippen molar-refractivity contribution in [3.63, 3.8) is 0 Å². The Morgan fingerprint density at radius 1 is 1.11 bits per heavy atom. The zero-order chi connectivity index (χ0) is 19.4. The van der Waals surface area contributed by atoms with Crippen molar-refractivity contribution in [3.8, 4) is 11.5 Å². The van der Waals surface area contributed by atoms with Crippen molar-refractivity contribution in [2.45, 2.75) is 24.8 Å². The molecule has 7 heteroatoms. The Labute approximate surface area is 161 Å². The molecule has 0 radical (unpaired) electrons. The van der Waals surface area contributed by atoms with Crippen LogP contribution >= 0.6 is 11.8 Å². The second kappa shape index (κ2) is 8.61. The number of carbonyl (C=O) groups excluding carboxylic acids is 1. The molecule has 2 aromatic carbocycles. The van der Waals surface area contributed by atoms with Gasteiger partial charge in [0.1, 0.15) is 24.8 Å². The Balaban J connectivity index is 1.66. The molecule has 3 rings (SSSR count). The van der Waals surface area contributed by atoms with Gasteiger partial charge in [0.2, 0.25) is 5.91 Å². The van der Waals surface area contributed by atoms with Crippen LogP contribution in [0.15, 0.2) is 41.3 Å². The summed E-state index contributed by atoms with van der Waals surface area (Å²) in [6.45, 7) is 5.03. The van der Waals surface area contributed by atoms with Gasteiger partial charge in [-0.25, -0.2) is 8.78 Å². The fraction of sp³-hybridized carbons (Fsp3) is 0.350. The fourth-order valence-electron chi connectivity index (χ4n) is 2.84. The van der Waals surface area contributed by atoms with Gasteiger partial charge in [-0.3, -0.25) is 4.79 Å². The van der Waals surface area contributed by atoms with E-state index in [1.807, 2.05) is 32.0 Å². The number of hydrogen-bond acceptors (Lipinski definition) is 4. The molecule has 0 aliphatic carbocycles. The van der Waals surface area contributed by atoms with Crippen LogP contribution in [0.1, 0.15) is 25.5 Å². The Kier molecular flexibility index (Phi) is 6.21. The van der Waals surface area contributed by atoms with E-state index in [2.05, 4.69) is 5.32 Å². The molecule has 1 N–H and O–H groups in total. The Bertz CT molecular complexity index is 829. The topological polar surface area (TPSA) is 47.6 Å². The van der Waals surface area contributed by atoms with Crippen molar-refractivity contribution in [2.24, 2.45) is 5.92 Å². The van der Waals surface area contributed by atoms with Gasteiger partial charge < -0.3 is 14.8 Å². The quantitative estimate of drug-likeness (QED) is 0.742. The SMILES string of the molecule is CC(C)[C@H](NC(=O)CSc1ccc(F)cc1F)c1ccc2c(c1)OCCO2. The molecule has 144 valence electrons. The van der Waals surface area contributed by atoms with E-state index in [0.717, 1.165) is 23.4 Å². The maximum Gasteiger partial charge on any atom is 0.230 e. The molecule has 0 saturated carbocycles. The molecule has 4 nitrogen and oxygen atoms in total. The van der Waals surface area contributed by atoms with Crippen LogP contribution in [0.2, 0.25) is 0 Å². The first-order valence-electron chi connectivity index (χ1n) is 8.71. The lowest BCUT2D eigenvalue weighted by molar-refractivity contribution is -0.119. The smallest absolute Gasteiger partial charge is 0.230 e. The van der Waals surface area contributed by atoms with Gasteiger partial charge in [0.05, 0.1) is 11.8 Å². The molecular weight excluding hydrogens is 372 g/mol. The first-order chi connectivity index (χ1) is 12.9. The van der Waals surface area contributed by atoms with Gasteiger partial charge >= 0.3 is 0 Å². The summed E-state index contributed by atoms with van der Waals surface area (Å²) >= 11 is 1.04. The van der Waals surface area contributed by atoms with Crippen molar-refractivity contribution in [1.82, 2.24) is 5.32 Å². The molecule has 0 fully saturated rings. The number of thioether (sulfide) groups is 1. The summed E-state index contributed by atoms with van der Waals surface area (Å²) in [6.07, 6.45) is 0. The van der Waals surface area contributed by atoms with Gasteiger partial charge in [0, 0.05) is 11.0 Å². The predicted molar refractivity (Wildman–Crippen MR) is 100 cm³/mol. The van der Waals surface area contributed by atoms with Crippen molar-refractivity contribution in [2.75, 3.05) is 19.0 Å². The molecule has 0 spiro atoms. The largest absolute Gasteiger partial charge is 0.486 e. The van der Waals surface area contributed by atoms with Gasteiger partial charge in [0.25, 0.3) is 0 Å². The minimum absolute atomic E-state index is 0.0380. The number of fused-ring (bicyclic) bond motifs is 1. The van der Waals surface area contributed by atoms with Crippen LogP contribution in [0, 0.1) is 17.6 Å². The molecule has 0 unspecified atom stereocenters. The third-order valence-electron chi connectivity index (χ3n) is 4.16. The Morgan fingerprint density at radius 3 is 2.56 bits per heavy atom. The second-order valence-electron chi connectivity index (χ2n) is 6.56. The Hall–Kier alpha value is -2.28. The lowest BCUT2D eigenvalue weighted by Gasteiger charge is -2.25. The van der Waals surface area contributed by atoms with Gasteiger partial charge in [0.15, 0.2) is 11.5 Å². The number of amides is 1. The fourth-order valence-corrected chi connectivity index (χ4v) is 3.57. The summed E-state index contributed by atoms with van der Waals surface area (Å²) in [5, 5.41) is 2.99. The molecule has 0 aromatic heterocycles. The van der Waals surface area contributed by atoms with E-state index in [1.165, 1.54) is 12.1 Å². The lowest BCUT2D eigenvalue weighted by Crippen LogP contribution is -2.33. The van der Waals surface area contributed by atoms with E-state index in [1.54, 1.807) is 0 Å². The first-order valence-corrected chi connectivity index (χ1v) is 9.69. The maximum absolute atomic E-state index is 13.7. The van der Waals surface area contributed by atoms with E-state index >= 15 is 0 Å². The van der Waals surface area contributed by atoms with Crippen LogP contribution in [-0.4, -0.2) is 24.9 Å². The zero-order valence-corrected chi connectivity index (χ0v) is 15.9. The Morgan fingerprint density at radius 2 is 1.85 bits per heavy atom. The number of benzene rings is 2. The standard InChI is InChI=1S/C20H21F2NO3S/c1-12(2)20(13-3-5-16-17(9-13)26-8-7-25-16)23-19(24)11-27-18-6-4-14(21)10-15(18)22/h3-6,9-10,12,20H,7-8,11H2,1-2H3,(H,23,24)/t20-/m0/s1. The van der Waals surface area contributed by atoms with Gasteiger partial charge in [-0.15, -0.1) is 11.8 Å². The van der Waals surface area contributed by atoms with Crippen LogP contribution in [0.5, 0.6) is 11.5 Å². The number of ether oxygens (including phenoxy) is 2. The predicted octanol–water partition coefficient (Wildman–Crippen LogP) is 4.34. The van der Waals surface area contributed by atoms with Crippen molar-refractivity contribution < 1.29 is 23.0 Å². The third kappa shape index (κ3) is 4.91. The average Bonchev–Trinajstić information content (AvgIpc) is 2.65. The summed E-state index contributed by atoms with van der Waals surface area (Å²) in [4.78, 5) is 12.6. The van der Waals surface area contributed by atoms with E-state index < -0.39 is 11.6 Å². The number of rotatable bonds is 6. The lowest BCUT2D eigenvalue weighted by atomic mass is 9.95. The number of nitrogens with one attached hydrogen (secondary N) is 1. The van der Waals surface area contributed by atoms with Gasteiger partial charge in [-0.1, -0.05) is 19.9 Å². The number of halogens is 2. The molecule has 0 bridgehead atoms. The summed E-state index contributed by atoms with van der Waals surface area (Å²) < 4.78 is 37.8. The molecule has 2 aromatic rings. The van der Waals surface area contributed by atoms with Crippen molar-refractivity contribution in [3.05, 3.63) is 53.6 Å². The number of hydrogen-bond donors (Lipinski definition) is 1.